The Morgan fingerprint density at radius 2 is 1.93 bits per heavy atom. The number of non-ortho nitro benzene ring substituents is 1. The van der Waals surface area contributed by atoms with Gasteiger partial charge in [0.25, 0.3) is 11.6 Å². The van der Waals surface area contributed by atoms with E-state index < -0.39 is 4.92 Å². The Hall–Kier alpha value is -3.29. The lowest BCUT2D eigenvalue weighted by atomic mass is 10.2. The van der Waals surface area contributed by atoms with E-state index in [9.17, 15) is 14.9 Å². The monoisotopic (exact) mass is 372 g/mol. The third-order valence-electron chi connectivity index (χ3n) is 4.14. The molecule has 1 amide bonds. The smallest absolute Gasteiger partial charge is 0.269 e. The van der Waals surface area contributed by atoms with Gasteiger partial charge >= 0.3 is 0 Å². The van der Waals surface area contributed by atoms with Crippen molar-refractivity contribution < 1.29 is 23.9 Å². The molecule has 0 radical (unpaired) electrons. The maximum Gasteiger partial charge on any atom is 0.269 e. The number of likely N-dealkylation sites (N-methyl/N-ethyl adjacent to an activating group) is 1. The maximum absolute atomic E-state index is 12.4. The molecule has 0 unspecified atom stereocenters. The second kappa shape index (κ2) is 8.39. The van der Waals surface area contributed by atoms with Crippen molar-refractivity contribution in [3.63, 3.8) is 0 Å². The molecule has 3 rings (SSSR count). The first-order valence-electron chi connectivity index (χ1n) is 8.60. The minimum absolute atomic E-state index is 0.0291. The van der Waals surface area contributed by atoms with Crippen molar-refractivity contribution in [1.82, 2.24) is 4.90 Å². The van der Waals surface area contributed by atoms with Gasteiger partial charge in [0.15, 0.2) is 24.2 Å². The van der Waals surface area contributed by atoms with Crippen molar-refractivity contribution in [2.24, 2.45) is 0 Å². The zero-order valence-corrected chi connectivity index (χ0v) is 14.9. The van der Waals surface area contributed by atoms with Crippen LogP contribution in [0.25, 0.3) is 0 Å². The molecule has 0 aromatic heterocycles. The first kappa shape index (κ1) is 18.5. The van der Waals surface area contributed by atoms with Gasteiger partial charge in [-0.2, -0.15) is 0 Å². The van der Waals surface area contributed by atoms with Gasteiger partial charge in [0.1, 0.15) is 12.4 Å². The summed E-state index contributed by atoms with van der Waals surface area (Å²) in [6.45, 7) is 2.97. The highest BCUT2D eigenvalue weighted by molar-refractivity contribution is 5.77. The number of carbonyl (C=O) groups excluding carboxylic acids is 1. The first-order chi connectivity index (χ1) is 13.1. The summed E-state index contributed by atoms with van der Waals surface area (Å²) in [5.41, 5.74) is -0.0291. The van der Waals surface area contributed by atoms with E-state index in [2.05, 4.69) is 0 Å². The van der Waals surface area contributed by atoms with Crippen LogP contribution in [0.15, 0.2) is 48.5 Å². The molecule has 1 aliphatic heterocycles. The number of benzene rings is 2. The number of rotatable bonds is 7. The number of ether oxygens (including phenoxy) is 3. The Labute approximate surface area is 156 Å². The maximum atomic E-state index is 12.4. The average Bonchev–Trinajstić information content (AvgIpc) is 2.70. The number of para-hydroxylation sites is 2. The van der Waals surface area contributed by atoms with Crippen LogP contribution in [0.1, 0.15) is 6.92 Å². The fraction of sp³-hybridized carbons (Fsp3) is 0.316. The molecule has 1 aliphatic rings. The van der Waals surface area contributed by atoms with Crippen LogP contribution in [-0.2, 0) is 4.79 Å². The van der Waals surface area contributed by atoms with Crippen molar-refractivity contribution in [2.45, 2.75) is 13.0 Å². The molecule has 0 saturated carbocycles. The summed E-state index contributed by atoms with van der Waals surface area (Å²) in [7, 11) is 0. The SMILES string of the molecule is CCN(C[C@H]1COc2ccccc2O1)C(=O)COc1ccc([N+](=O)[O-])cc1. The molecule has 0 bridgehead atoms. The quantitative estimate of drug-likeness (QED) is 0.548. The van der Waals surface area contributed by atoms with Crippen LogP contribution in [0.2, 0.25) is 0 Å². The van der Waals surface area contributed by atoms with Crippen LogP contribution in [0, 0.1) is 10.1 Å². The van der Waals surface area contributed by atoms with E-state index in [1.54, 1.807) is 4.90 Å². The molecule has 2 aromatic rings. The Morgan fingerprint density at radius 1 is 1.22 bits per heavy atom. The number of nitro benzene ring substituents is 1. The molecule has 2 aromatic carbocycles. The van der Waals surface area contributed by atoms with E-state index >= 15 is 0 Å². The molecule has 0 spiro atoms. The van der Waals surface area contributed by atoms with Crippen molar-refractivity contribution >= 4 is 11.6 Å². The molecule has 27 heavy (non-hydrogen) atoms. The van der Waals surface area contributed by atoms with Crippen molar-refractivity contribution in [3.8, 4) is 17.2 Å². The Kier molecular flexibility index (Phi) is 5.75. The summed E-state index contributed by atoms with van der Waals surface area (Å²) < 4.78 is 17.0. The minimum atomic E-state index is -0.488. The number of carbonyl (C=O) groups is 1. The van der Waals surface area contributed by atoms with Crippen LogP contribution in [0.4, 0.5) is 5.69 Å². The Balaban J connectivity index is 1.53. The molecule has 0 fully saturated rings. The molecule has 0 saturated heterocycles. The molecular weight excluding hydrogens is 352 g/mol. The minimum Gasteiger partial charge on any atom is -0.486 e. The van der Waals surface area contributed by atoms with Gasteiger partial charge in [-0.05, 0) is 31.2 Å². The highest BCUT2D eigenvalue weighted by Gasteiger charge is 2.25. The van der Waals surface area contributed by atoms with E-state index in [4.69, 9.17) is 14.2 Å². The molecule has 142 valence electrons. The van der Waals surface area contributed by atoms with E-state index in [-0.39, 0.29) is 24.3 Å². The zero-order chi connectivity index (χ0) is 19.2. The lowest BCUT2D eigenvalue weighted by molar-refractivity contribution is -0.384. The molecule has 8 heteroatoms. The summed E-state index contributed by atoms with van der Waals surface area (Å²) >= 11 is 0. The van der Waals surface area contributed by atoms with Crippen molar-refractivity contribution in [1.29, 1.82) is 0 Å². The summed E-state index contributed by atoms with van der Waals surface area (Å²) in [6.07, 6.45) is -0.261. The topological polar surface area (TPSA) is 91.1 Å². The van der Waals surface area contributed by atoms with Crippen LogP contribution < -0.4 is 14.2 Å². The third-order valence-corrected chi connectivity index (χ3v) is 4.14. The first-order valence-corrected chi connectivity index (χ1v) is 8.60. The predicted molar refractivity (Wildman–Crippen MR) is 97.2 cm³/mol. The Bertz CT molecular complexity index is 808. The van der Waals surface area contributed by atoms with Gasteiger partial charge < -0.3 is 19.1 Å². The van der Waals surface area contributed by atoms with Gasteiger partial charge in [0.2, 0.25) is 0 Å². The summed E-state index contributed by atoms with van der Waals surface area (Å²) in [6, 6.07) is 13.0. The number of nitrogens with zero attached hydrogens (tertiary/aromatic N) is 2. The zero-order valence-electron chi connectivity index (χ0n) is 14.9. The van der Waals surface area contributed by atoms with E-state index in [0.717, 1.165) is 0 Å². The predicted octanol–water partition coefficient (Wildman–Crippen LogP) is 2.66. The average molecular weight is 372 g/mol. The molecule has 1 atom stereocenters. The van der Waals surface area contributed by atoms with Gasteiger partial charge in [-0.3, -0.25) is 14.9 Å². The molecule has 8 nitrogen and oxygen atoms in total. The van der Waals surface area contributed by atoms with Gasteiger partial charge in [-0.25, -0.2) is 0 Å². The van der Waals surface area contributed by atoms with Crippen LogP contribution in [-0.4, -0.2) is 48.1 Å². The van der Waals surface area contributed by atoms with E-state index in [0.29, 0.717) is 36.9 Å². The van der Waals surface area contributed by atoms with Crippen LogP contribution in [0.3, 0.4) is 0 Å². The Morgan fingerprint density at radius 3 is 2.59 bits per heavy atom. The van der Waals surface area contributed by atoms with Gasteiger partial charge in [0.05, 0.1) is 11.5 Å². The molecule has 1 heterocycles. The van der Waals surface area contributed by atoms with Crippen molar-refractivity contribution in [2.75, 3.05) is 26.3 Å². The van der Waals surface area contributed by atoms with Gasteiger partial charge in [0, 0.05) is 18.7 Å². The van der Waals surface area contributed by atoms with Gasteiger partial charge in [-0.1, -0.05) is 12.1 Å². The number of nitro groups is 1. The number of hydrogen-bond acceptors (Lipinski definition) is 6. The molecular formula is C19H20N2O6. The summed E-state index contributed by atoms with van der Waals surface area (Å²) in [4.78, 5) is 24.2. The second-order valence-electron chi connectivity index (χ2n) is 5.97. The van der Waals surface area contributed by atoms with E-state index in [1.165, 1.54) is 24.3 Å². The highest BCUT2D eigenvalue weighted by atomic mass is 16.6. The third kappa shape index (κ3) is 4.66. The molecule has 0 aliphatic carbocycles. The summed E-state index contributed by atoms with van der Waals surface area (Å²) in [5.74, 6) is 1.57. The highest BCUT2D eigenvalue weighted by Crippen LogP contribution is 2.31. The standard InChI is InChI=1S/C19H20N2O6/c1-2-20(11-16-12-26-17-5-3-4-6-18(17)27-16)19(22)13-25-15-9-7-14(8-10-15)21(23)24/h3-10,16H,2,11-13H2,1H3/t16-/m0/s1. The van der Waals surface area contributed by atoms with Crippen molar-refractivity contribution in [3.05, 3.63) is 58.6 Å². The number of fused-ring (bicyclic) bond motifs is 1. The molecule has 0 N–H and O–H groups in total. The van der Waals surface area contributed by atoms with Gasteiger partial charge in [-0.15, -0.1) is 0 Å². The fourth-order valence-corrected chi connectivity index (χ4v) is 2.71. The van der Waals surface area contributed by atoms with Crippen LogP contribution in [0.5, 0.6) is 17.2 Å². The summed E-state index contributed by atoms with van der Waals surface area (Å²) in [5, 5.41) is 10.7. The number of amides is 1. The fourth-order valence-electron chi connectivity index (χ4n) is 2.71. The normalized spacial score (nSPS) is 15.1. The van der Waals surface area contributed by atoms with Crippen LogP contribution >= 0.6 is 0 Å². The second-order valence-corrected chi connectivity index (χ2v) is 5.97. The lowest BCUT2D eigenvalue weighted by Gasteiger charge is -2.30. The largest absolute Gasteiger partial charge is 0.486 e. The lowest BCUT2D eigenvalue weighted by Crippen LogP contribution is -2.45. The number of hydrogen-bond donors (Lipinski definition) is 0. The van der Waals surface area contributed by atoms with E-state index in [1.807, 2.05) is 31.2 Å².